The summed E-state index contributed by atoms with van der Waals surface area (Å²) >= 11 is 7.54. The van der Waals surface area contributed by atoms with Crippen molar-refractivity contribution in [2.45, 2.75) is 5.92 Å². The SMILES string of the molecule is Cn1c(C(C(=O)O)c2cocn2)cc2cc(-c3ccc(Cl)s3)ccc21. The van der Waals surface area contributed by atoms with Gasteiger partial charge in [-0.2, -0.15) is 0 Å². The number of thiophene rings is 1. The fourth-order valence-corrected chi connectivity index (χ4v) is 4.08. The number of carbonyl (C=O) groups is 1. The molecule has 25 heavy (non-hydrogen) atoms. The maximum Gasteiger partial charge on any atom is 0.318 e. The molecule has 0 bridgehead atoms. The van der Waals surface area contributed by atoms with E-state index in [9.17, 15) is 9.90 Å². The van der Waals surface area contributed by atoms with Crippen LogP contribution >= 0.6 is 22.9 Å². The molecule has 0 fully saturated rings. The maximum atomic E-state index is 11.8. The quantitative estimate of drug-likeness (QED) is 0.560. The van der Waals surface area contributed by atoms with E-state index >= 15 is 0 Å². The van der Waals surface area contributed by atoms with E-state index in [-0.39, 0.29) is 0 Å². The molecule has 3 aromatic heterocycles. The molecule has 0 aliphatic carbocycles. The van der Waals surface area contributed by atoms with E-state index in [0.717, 1.165) is 25.7 Å². The van der Waals surface area contributed by atoms with E-state index in [2.05, 4.69) is 4.98 Å². The molecule has 0 spiro atoms. The van der Waals surface area contributed by atoms with Crippen molar-refractivity contribution in [3.8, 4) is 10.4 Å². The lowest BCUT2D eigenvalue weighted by atomic mass is 10.0. The zero-order valence-corrected chi connectivity index (χ0v) is 14.7. The van der Waals surface area contributed by atoms with Crippen LogP contribution in [0.1, 0.15) is 17.3 Å². The van der Waals surface area contributed by atoms with Crippen LogP contribution in [-0.2, 0) is 11.8 Å². The minimum atomic E-state index is -0.968. The van der Waals surface area contributed by atoms with Crippen LogP contribution in [0.25, 0.3) is 21.3 Å². The van der Waals surface area contributed by atoms with E-state index in [1.807, 2.05) is 48.0 Å². The summed E-state index contributed by atoms with van der Waals surface area (Å²) in [5.74, 6) is -1.85. The third-order valence-electron chi connectivity index (χ3n) is 4.23. The first kappa shape index (κ1) is 15.9. The topological polar surface area (TPSA) is 68.3 Å². The second-order valence-corrected chi connectivity index (χ2v) is 7.41. The van der Waals surface area contributed by atoms with Crippen molar-refractivity contribution in [3.63, 3.8) is 0 Å². The van der Waals surface area contributed by atoms with Gasteiger partial charge in [-0.15, -0.1) is 11.3 Å². The highest BCUT2D eigenvalue weighted by Gasteiger charge is 2.28. The monoisotopic (exact) mass is 372 g/mol. The van der Waals surface area contributed by atoms with Crippen LogP contribution < -0.4 is 0 Å². The summed E-state index contributed by atoms with van der Waals surface area (Å²) < 4.78 is 7.59. The largest absolute Gasteiger partial charge is 0.480 e. The normalized spacial score (nSPS) is 12.6. The van der Waals surface area contributed by atoms with Gasteiger partial charge >= 0.3 is 5.97 Å². The Bertz CT molecular complexity index is 1070. The lowest BCUT2D eigenvalue weighted by molar-refractivity contribution is -0.137. The van der Waals surface area contributed by atoms with Gasteiger partial charge in [0.1, 0.15) is 12.2 Å². The van der Waals surface area contributed by atoms with Gasteiger partial charge in [-0.1, -0.05) is 17.7 Å². The van der Waals surface area contributed by atoms with E-state index in [0.29, 0.717) is 11.4 Å². The van der Waals surface area contributed by atoms with Crippen LogP contribution in [0.5, 0.6) is 0 Å². The fourth-order valence-electron chi connectivity index (χ4n) is 3.04. The van der Waals surface area contributed by atoms with Gasteiger partial charge in [0.25, 0.3) is 0 Å². The van der Waals surface area contributed by atoms with Crippen molar-refractivity contribution in [2.75, 3.05) is 0 Å². The number of oxazole rings is 1. The number of carboxylic acid groups (broad SMARTS) is 1. The van der Waals surface area contributed by atoms with Crippen LogP contribution in [0.4, 0.5) is 0 Å². The van der Waals surface area contributed by atoms with E-state index in [4.69, 9.17) is 16.0 Å². The average molecular weight is 373 g/mol. The van der Waals surface area contributed by atoms with E-state index in [1.54, 1.807) is 0 Å². The van der Waals surface area contributed by atoms with Crippen LogP contribution in [0.2, 0.25) is 4.34 Å². The lowest BCUT2D eigenvalue weighted by Gasteiger charge is -2.11. The summed E-state index contributed by atoms with van der Waals surface area (Å²) in [4.78, 5) is 16.9. The Kier molecular flexibility index (Phi) is 3.86. The fraction of sp³-hybridized carbons (Fsp3) is 0.111. The van der Waals surface area contributed by atoms with Crippen molar-refractivity contribution < 1.29 is 14.3 Å². The number of hydrogen-bond acceptors (Lipinski definition) is 4. The predicted octanol–water partition coefficient (Wildman–Crippen LogP) is 4.76. The molecule has 4 rings (SSSR count). The Balaban J connectivity index is 1.85. The molecule has 0 aliphatic rings. The van der Waals surface area contributed by atoms with Crippen molar-refractivity contribution in [2.24, 2.45) is 7.05 Å². The minimum Gasteiger partial charge on any atom is -0.480 e. The molecule has 1 unspecified atom stereocenters. The Morgan fingerprint density at radius 2 is 2.16 bits per heavy atom. The summed E-state index contributed by atoms with van der Waals surface area (Å²) in [7, 11) is 1.86. The van der Waals surface area contributed by atoms with Gasteiger partial charge in [0.15, 0.2) is 6.39 Å². The molecule has 0 amide bonds. The Morgan fingerprint density at radius 1 is 1.32 bits per heavy atom. The highest BCUT2D eigenvalue weighted by molar-refractivity contribution is 7.19. The number of aromatic nitrogens is 2. The number of carboxylic acids is 1. The number of aliphatic carboxylic acids is 1. The summed E-state index contributed by atoms with van der Waals surface area (Å²) in [6.45, 7) is 0. The van der Waals surface area contributed by atoms with Gasteiger partial charge in [-0.05, 0) is 35.9 Å². The van der Waals surface area contributed by atoms with Gasteiger partial charge in [0, 0.05) is 28.5 Å². The van der Waals surface area contributed by atoms with Crippen LogP contribution in [0.15, 0.2) is 53.5 Å². The molecule has 7 heteroatoms. The van der Waals surface area contributed by atoms with Crippen molar-refractivity contribution >= 4 is 39.8 Å². The maximum absolute atomic E-state index is 11.8. The first-order chi connectivity index (χ1) is 12.0. The molecule has 4 aromatic rings. The number of nitrogens with zero attached hydrogens (tertiary/aromatic N) is 2. The third-order valence-corrected chi connectivity index (χ3v) is 5.51. The summed E-state index contributed by atoms with van der Waals surface area (Å²) in [6.07, 6.45) is 2.61. The highest BCUT2D eigenvalue weighted by Crippen LogP contribution is 2.35. The molecule has 1 aromatic carbocycles. The van der Waals surface area contributed by atoms with Gasteiger partial charge in [0.05, 0.1) is 10.0 Å². The van der Waals surface area contributed by atoms with Gasteiger partial charge in [-0.25, -0.2) is 4.98 Å². The van der Waals surface area contributed by atoms with Crippen LogP contribution in [0.3, 0.4) is 0 Å². The number of halogens is 1. The summed E-state index contributed by atoms with van der Waals surface area (Å²) in [5.41, 5.74) is 3.03. The molecule has 1 atom stereocenters. The van der Waals surface area contributed by atoms with Crippen LogP contribution in [0, 0.1) is 0 Å². The number of benzene rings is 1. The second-order valence-electron chi connectivity index (χ2n) is 5.69. The van der Waals surface area contributed by atoms with Gasteiger partial charge in [0.2, 0.25) is 0 Å². The highest BCUT2D eigenvalue weighted by atomic mass is 35.5. The number of fused-ring (bicyclic) bond motifs is 1. The Morgan fingerprint density at radius 3 is 2.80 bits per heavy atom. The lowest BCUT2D eigenvalue weighted by Crippen LogP contribution is -2.16. The molecule has 3 heterocycles. The predicted molar refractivity (Wildman–Crippen MR) is 97.2 cm³/mol. The van der Waals surface area contributed by atoms with Crippen molar-refractivity contribution in [1.29, 1.82) is 0 Å². The van der Waals surface area contributed by atoms with Crippen LogP contribution in [-0.4, -0.2) is 20.6 Å². The third kappa shape index (κ3) is 2.73. The molecule has 0 radical (unpaired) electrons. The molecular weight excluding hydrogens is 360 g/mol. The Labute approximate surface area is 152 Å². The van der Waals surface area contributed by atoms with Crippen molar-refractivity contribution in [3.05, 3.63) is 64.8 Å². The standard InChI is InChI=1S/C18H13ClN2O3S/c1-21-13-3-2-10(15-4-5-16(19)25-15)6-11(13)7-14(21)17(18(22)23)12-8-24-9-20-12/h2-9,17H,1H3,(H,22,23). The molecular formula is C18H13ClN2O3S. The summed E-state index contributed by atoms with van der Waals surface area (Å²) in [6, 6.07) is 11.8. The zero-order valence-electron chi connectivity index (χ0n) is 13.1. The molecule has 126 valence electrons. The zero-order chi connectivity index (χ0) is 17.6. The van der Waals surface area contributed by atoms with Gasteiger partial charge in [-0.3, -0.25) is 4.79 Å². The van der Waals surface area contributed by atoms with Crippen molar-refractivity contribution in [1.82, 2.24) is 9.55 Å². The average Bonchev–Trinajstić information content (AvgIpc) is 3.30. The molecule has 1 N–H and O–H groups in total. The number of hydrogen-bond donors (Lipinski definition) is 1. The van der Waals surface area contributed by atoms with Gasteiger partial charge < -0.3 is 14.1 Å². The first-order valence-corrected chi connectivity index (χ1v) is 8.70. The summed E-state index contributed by atoms with van der Waals surface area (Å²) in [5, 5.41) is 10.6. The van der Waals surface area contributed by atoms with E-state index in [1.165, 1.54) is 24.0 Å². The number of aryl methyl sites for hydroxylation is 1. The minimum absolute atomic E-state index is 0.378. The Hall–Kier alpha value is -2.57. The number of rotatable bonds is 4. The molecule has 0 saturated heterocycles. The molecule has 0 saturated carbocycles. The second kappa shape index (κ2) is 6.06. The first-order valence-electron chi connectivity index (χ1n) is 7.50. The smallest absolute Gasteiger partial charge is 0.318 e. The van der Waals surface area contributed by atoms with E-state index < -0.39 is 11.9 Å². The molecule has 5 nitrogen and oxygen atoms in total. The molecule has 0 aliphatic heterocycles.